The van der Waals surface area contributed by atoms with Gasteiger partial charge in [-0.25, -0.2) is 13.6 Å². The number of hydrogen-bond acceptors (Lipinski definition) is 2. The van der Waals surface area contributed by atoms with Gasteiger partial charge < -0.3 is 15.3 Å². The third-order valence-electron chi connectivity index (χ3n) is 3.99. The van der Waals surface area contributed by atoms with E-state index < -0.39 is 35.6 Å². The van der Waals surface area contributed by atoms with Gasteiger partial charge >= 0.3 is 12.0 Å². The molecule has 0 aliphatic carbocycles. The normalized spacial score (nSPS) is 11.9. The minimum atomic E-state index is -1.00. The van der Waals surface area contributed by atoms with Crippen LogP contribution in [0.25, 0.3) is 0 Å². The number of nitrogens with one attached hydrogen (secondary N) is 1. The molecule has 138 valence electrons. The van der Waals surface area contributed by atoms with E-state index in [0.717, 1.165) is 0 Å². The number of carbonyl (C=O) groups is 2. The Morgan fingerprint density at radius 3 is 1.81 bits per heavy atom. The van der Waals surface area contributed by atoms with Crippen molar-refractivity contribution in [2.45, 2.75) is 13.0 Å². The maximum absolute atomic E-state index is 13.2. The zero-order chi connectivity index (χ0) is 19.3. The maximum Gasteiger partial charge on any atom is 0.317 e. The van der Waals surface area contributed by atoms with Gasteiger partial charge in [-0.05, 0) is 35.4 Å². The zero-order valence-corrected chi connectivity index (χ0v) is 14.4. The monoisotopic (exact) mass is 362 g/mol. The molecule has 1 unspecified atom stereocenters. The van der Waals surface area contributed by atoms with Gasteiger partial charge in [0.25, 0.3) is 0 Å². The van der Waals surface area contributed by atoms with Crippen LogP contribution in [0.3, 0.4) is 0 Å². The predicted octanol–water partition coefficient (Wildman–Crippen LogP) is 3.42. The Morgan fingerprint density at radius 2 is 1.42 bits per heavy atom. The van der Waals surface area contributed by atoms with Gasteiger partial charge in [0.2, 0.25) is 0 Å². The first-order valence-electron chi connectivity index (χ1n) is 8.03. The van der Waals surface area contributed by atoms with Crippen LogP contribution in [0.4, 0.5) is 13.6 Å². The average Bonchev–Trinajstić information content (AvgIpc) is 2.61. The molecule has 2 N–H and O–H groups in total. The van der Waals surface area contributed by atoms with Gasteiger partial charge in [-0.1, -0.05) is 31.2 Å². The molecule has 2 rings (SSSR count). The summed E-state index contributed by atoms with van der Waals surface area (Å²) in [6.07, 6.45) is 0. The molecule has 5 nitrogen and oxygen atoms in total. The van der Waals surface area contributed by atoms with Crippen LogP contribution in [0, 0.1) is 17.6 Å². The summed E-state index contributed by atoms with van der Waals surface area (Å²) in [5.41, 5.74) is 1.23. The summed E-state index contributed by atoms with van der Waals surface area (Å²) in [5, 5.41) is 11.8. The third-order valence-corrected chi connectivity index (χ3v) is 3.99. The molecule has 0 bridgehead atoms. The van der Waals surface area contributed by atoms with E-state index in [1.165, 1.54) is 67.4 Å². The summed E-state index contributed by atoms with van der Waals surface area (Å²) in [4.78, 5) is 24.7. The highest BCUT2D eigenvalue weighted by molar-refractivity contribution is 5.76. The molecule has 1 atom stereocenters. The quantitative estimate of drug-likeness (QED) is 0.827. The molecule has 0 spiro atoms. The zero-order valence-electron chi connectivity index (χ0n) is 14.4. The molecule has 2 amide bonds. The van der Waals surface area contributed by atoms with E-state index in [2.05, 4.69) is 5.32 Å². The fraction of sp³-hybridized carbons (Fsp3) is 0.263. The number of hydrogen-bond donors (Lipinski definition) is 2. The second-order valence-electron chi connectivity index (χ2n) is 6.11. The first-order chi connectivity index (χ1) is 12.3. The summed E-state index contributed by atoms with van der Waals surface area (Å²) in [6.45, 7) is 1.53. The van der Waals surface area contributed by atoms with Crippen LogP contribution in [0.15, 0.2) is 48.5 Å². The lowest BCUT2D eigenvalue weighted by molar-refractivity contribution is -0.141. The molecule has 0 fully saturated rings. The standard InChI is InChI=1S/C19H20F2N2O3/c1-12(18(24)25)11-23(2)19(26)22-17(13-3-7-15(20)8-4-13)14-5-9-16(21)10-6-14/h3-10,12,17H,11H2,1-2H3,(H,22,26)(H,24,25). The van der Waals surface area contributed by atoms with Crippen LogP contribution in [0.2, 0.25) is 0 Å². The highest BCUT2D eigenvalue weighted by Crippen LogP contribution is 2.23. The molecule has 0 aliphatic rings. The molecule has 0 saturated carbocycles. The van der Waals surface area contributed by atoms with Crippen LogP contribution in [-0.4, -0.2) is 35.6 Å². The Balaban J connectivity index is 2.23. The van der Waals surface area contributed by atoms with E-state index in [4.69, 9.17) is 5.11 Å². The van der Waals surface area contributed by atoms with E-state index in [0.29, 0.717) is 11.1 Å². The van der Waals surface area contributed by atoms with Crippen molar-refractivity contribution in [3.63, 3.8) is 0 Å². The summed E-state index contributed by atoms with van der Waals surface area (Å²) in [6, 6.07) is 10.1. The summed E-state index contributed by atoms with van der Waals surface area (Å²) in [5.74, 6) is -2.55. The Morgan fingerprint density at radius 1 is 1.00 bits per heavy atom. The van der Waals surface area contributed by atoms with Gasteiger partial charge in [0.1, 0.15) is 11.6 Å². The number of urea groups is 1. The lowest BCUT2D eigenvalue weighted by Gasteiger charge is -2.25. The first kappa shape index (κ1) is 19.4. The number of carboxylic acid groups (broad SMARTS) is 1. The molecule has 0 aliphatic heterocycles. The van der Waals surface area contributed by atoms with Gasteiger partial charge in [-0.3, -0.25) is 4.79 Å². The van der Waals surface area contributed by atoms with Crippen molar-refractivity contribution >= 4 is 12.0 Å². The Labute approximate surface area is 150 Å². The molecule has 2 aromatic rings. The van der Waals surface area contributed by atoms with E-state index in [-0.39, 0.29) is 6.54 Å². The van der Waals surface area contributed by atoms with Crippen molar-refractivity contribution in [2.75, 3.05) is 13.6 Å². The minimum absolute atomic E-state index is 0.0285. The molecule has 26 heavy (non-hydrogen) atoms. The number of benzene rings is 2. The largest absolute Gasteiger partial charge is 0.481 e. The molecule has 0 aromatic heterocycles. The number of halogens is 2. The van der Waals surface area contributed by atoms with E-state index in [1.807, 2.05) is 0 Å². The number of nitrogens with zero attached hydrogens (tertiary/aromatic N) is 1. The predicted molar refractivity (Wildman–Crippen MR) is 92.6 cm³/mol. The molecule has 0 saturated heterocycles. The lowest BCUT2D eigenvalue weighted by Crippen LogP contribution is -2.42. The van der Waals surface area contributed by atoms with E-state index in [9.17, 15) is 18.4 Å². The maximum atomic E-state index is 13.2. The molecule has 0 radical (unpaired) electrons. The number of rotatable bonds is 6. The molecular formula is C19H20F2N2O3. The Kier molecular flexibility index (Phi) is 6.27. The van der Waals surface area contributed by atoms with Gasteiger partial charge in [-0.2, -0.15) is 0 Å². The topological polar surface area (TPSA) is 69.6 Å². The molecule has 0 heterocycles. The SMILES string of the molecule is CC(CN(C)C(=O)NC(c1ccc(F)cc1)c1ccc(F)cc1)C(=O)O. The minimum Gasteiger partial charge on any atom is -0.481 e. The Hall–Kier alpha value is -2.96. The second kappa shape index (κ2) is 8.42. The van der Waals surface area contributed by atoms with E-state index >= 15 is 0 Å². The van der Waals surface area contributed by atoms with Crippen LogP contribution in [0.5, 0.6) is 0 Å². The summed E-state index contributed by atoms with van der Waals surface area (Å²) >= 11 is 0. The third kappa shape index (κ3) is 5.02. The molecule has 7 heteroatoms. The highest BCUT2D eigenvalue weighted by atomic mass is 19.1. The van der Waals surface area contributed by atoms with Crippen LogP contribution in [-0.2, 0) is 4.79 Å². The van der Waals surface area contributed by atoms with Crippen LogP contribution in [0.1, 0.15) is 24.1 Å². The second-order valence-corrected chi connectivity index (χ2v) is 6.11. The van der Waals surface area contributed by atoms with Crippen molar-refractivity contribution in [1.82, 2.24) is 10.2 Å². The number of carbonyl (C=O) groups excluding carboxylic acids is 1. The first-order valence-corrected chi connectivity index (χ1v) is 8.03. The number of amides is 2. The fourth-order valence-corrected chi connectivity index (χ4v) is 2.48. The smallest absolute Gasteiger partial charge is 0.317 e. The number of aliphatic carboxylic acids is 1. The van der Waals surface area contributed by atoms with Crippen LogP contribution < -0.4 is 5.32 Å². The molecule has 2 aromatic carbocycles. The van der Waals surface area contributed by atoms with Gasteiger partial charge in [0.05, 0.1) is 12.0 Å². The van der Waals surface area contributed by atoms with Crippen molar-refractivity contribution < 1.29 is 23.5 Å². The van der Waals surface area contributed by atoms with Crippen molar-refractivity contribution in [2.24, 2.45) is 5.92 Å². The van der Waals surface area contributed by atoms with Crippen molar-refractivity contribution in [1.29, 1.82) is 0 Å². The van der Waals surface area contributed by atoms with Crippen molar-refractivity contribution in [3.8, 4) is 0 Å². The highest BCUT2D eigenvalue weighted by Gasteiger charge is 2.22. The lowest BCUT2D eigenvalue weighted by atomic mass is 9.98. The molecular weight excluding hydrogens is 342 g/mol. The summed E-state index contributed by atoms with van der Waals surface area (Å²) in [7, 11) is 1.49. The van der Waals surface area contributed by atoms with Gasteiger partial charge in [-0.15, -0.1) is 0 Å². The summed E-state index contributed by atoms with van der Waals surface area (Å²) < 4.78 is 26.4. The van der Waals surface area contributed by atoms with Crippen molar-refractivity contribution in [3.05, 3.63) is 71.3 Å². The average molecular weight is 362 g/mol. The van der Waals surface area contributed by atoms with Crippen LogP contribution >= 0.6 is 0 Å². The number of carboxylic acids is 1. The Bertz CT molecular complexity index is 718. The fourth-order valence-electron chi connectivity index (χ4n) is 2.48. The van der Waals surface area contributed by atoms with Gasteiger partial charge in [0, 0.05) is 13.6 Å². The van der Waals surface area contributed by atoms with E-state index in [1.54, 1.807) is 0 Å². The van der Waals surface area contributed by atoms with Gasteiger partial charge in [0.15, 0.2) is 0 Å².